The number of aryl methyl sites for hydroxylation is 1. The normalized spacial score (nSPS) is 10.4. The minimum absolute atomic E-state index is 0.715. The SMILES string of the molecule is CCc1nc(Cc2cccnc2)nc(NC)c1I. The Hall–Kier alpha value is -1.24. The van der Waals surface area contributed by atoms with Gasteiger partial charge in [0.25, 0.3) is 0 Å². The van der Waals surface area contributed by atoms with Gasteiger partial charge in [0, 0.05) is 25.9 Å². The van der Waals surface area contributed by atoms with Crippen molar-refractivity contribution in [2.75, 3.05) is 12.4 Å². The van der Waals surface area contributed by atoms with Gasteiger partial charge >= 0.3 is 0 Å². The fourth-order valence-electron chi connectivity index (χ4n) is 1.71. The lowest BCUT2D eigenvalue weighted by molar-refractivity contribution is 0.895. The Bertz CT molecular complexity index is 503. The molecule has 0 amide bonds. The fourth-order valence-corrected chi connectivity index (χ4v) is 2.60. The lowest BCUT2D eigenvalue weighted by Gasteiger charge is -2.09. The third kappa shape index (κ3) is 2.95. The highest BCUT2D eigenvalue weighted by Crippen LogP contribution is 2.20. The van der Waals surface area contributed by atoms with Gasteiger partial charge in [-0.05, 0) is 40.6 Å². The molecule has 2 aromatic heterocycles. The predicted octanol–water partition coefficient (Wildman–Crippen LogP) is 2.67. The lowest BCUT2D eigenvalue weighted by Crippen LogP contribution is -2.07. The maximum atomic E-state index is 4.61. The van der Waals surface area contributed by atoms with E-state index in [9.17, 15) is 0 Å². The summed E-state index contributed by atoms with van der Waals surface area (Å²) in [6.45, 7) is 2.11. The molecule has 0 unspecified atom stereocenters. The molecule has 2 heterocycles. The van der Waals surface area contributed by atoms with Crippen LogP contribution in [0.15, 0.2) is 24.5 Å². The number of nitrogens with one attached hydrogen (secondary N) is 1. The summed E-state index contributed by atoms with van der Waals surface area (Å²) in [4.78, 5) is 13.3. The number of aromatic nitrogens is 3. The first kappa shape index (κ1) is 13.2. The number of hydrogen-bond donors (Lipinski definition) is 1. The monoisotopic (exact) mass is 354 g/mol. The van der Waals surface area contributed by atoms with E-state index in [2.05, 4.69) is 49.8 Å². The molecule has 0 aromatic carbocycles. The number of rotatable bonds is 4. The Labute approximate surface area is 120 Å². The molecule has 0 radical (unpaired) electrons. The van der Waals surface area contributed by atoms with Gasteiger partial charge in [0.2, 0.25) is 0 Å². The van der Waals surface area contributed by atoms with E-state index < -0.39 is 0 Å². The van der Waals surface area contributed by atoms with Gasteiger partial charge in [-0.1, -0.05) is 13.0 Å². The van der Waals surface area contributed by atoms with Crippen LogP contribution in [0.3, 0.4) is 0 Å². The van der Waals surface area contributed by atoms with E-state index in [0.29, 0.717) is 6.42 Å². The summed E-state index contributed by atoms with van der Waals surface area (Å²) in [6, 6.07) is 3.97. The molecule has 1 N–H and O–H groups in total. The molecule has 0 atom stereocenters. The number of hydrogen-bond acceptors (Lipinski definition) is 4. The van der Waals surface area contributed by atoms with Gasteiger partial charge in [-0.15, -0.1) is 0 Å². The molecule has 0 aliphatic heterocycles. The van der Waals surface area contributed by atoms with E-state index in [-0.39, 0.29) is 0 Å². The highest BCUT2D eigenvalue weighted by atomic mass is 127. The van der Waals surface area contributed by atoms with E-state index in [0.717, 1.165) is 32.9 Å². The van der Waals surface area contributed by atoms with E-state index in [1.54, 1.807) is 6.20 Å². The number of halogens is 1. The first-order valence-electron chi connectivity index (χ1n) is 5.86. The van der Waals surface area contributed by atoms with Gasteiger partial charge in [0.05, 0.1) is 9.26 Å². The topological polar surface area (TPSA) is 50.7 Å². The molecule has 4 nitrogen and oxygen atoms in total. The van der Waals surface area contributed by atoms with Crippen molar-refractivity contribution in [1.29, 1.82) is 0 Å². The molecule has 0 bridgehead atoms. The molecule has 0 saturated carbocycles. The van der Waals surface area contributed by atoms with Crippen molar-refractivity contribution in [2.24, 2.45) is 0 Å². The summed E-state index contributed by atoms with van der Waals surface area (Å²) in [5, 5.41) is 3.12. The zero-order valence-electron chi connectivity index (χ0n) is 10.4. The molecule has 0 saturated heterocycles. The highest BCUT2D eigenvalue weighted by molar-refractivity contribution is 14.1. The van der Waals surface area contributed by atoms with Gasteiger partial charge in [0.15, 0.2) is 0 Å². The molecule has 2 rings (SSSR count). The Balaban J connectivity index is 2.34. The quantitative estimate of drug-likeness (QED) is 0.858. The third-order valence-electron chi connectivity index (χ3n) is 2.62. The maximum absolute atomic E-state index is 4.61. The molecular weight excluding hydrogens is 339 g/mol. The van der Waals surface area contributed by atoms with Crippen LogP contribution in [0, 0.1) is 3.57 Å². The largest absolute Gasteiger partial charge is 0.372 e. The summed E-state index contributed by atoms with van der Waals surface area (Å²) < 4.78 is 1.10. The molecule has 5 heteroatoms. The molecular formula is C13H15IN4. The number of pyridine rings is 1. The fraction of sp³-hybridized carbons (Fsp3) is 0.308. The Morgan fingerprint density at radius 2 is 2.17 bits per heavy atom. The van der Waals surface area contributed by atoms with Crippen LogP contribution in [-0.2, 0) is 12.8 Å². The third-order valence-corrected chi connectivity index (χ3v) is 3.76. The first-order chi connectivity index (χ1) is 8.74. The number of nitrogens with zero attached hydrogens (tertiary/aromatic N) is 3. The maximum Gasteiger partial charge on any atom is 0.143 e. The lowest BCUT2D eigenvalue weighted by atomic mass is 10.2. The first-order valence-corrected chi connectivity index (χ1v) is 6.94. The molecule has 0 aliphatic rings. The second-order valence-electron chi connectivity index (χ2n) is 3.89. The molecule has 18 heavy (non-hydrogen) atoms. The summed E-state index contributed by atoms with van der Waals surface area (Å²) in [5.74, 6) is 1.74. The van der Waals surface area contributed by atoms with Crippen LogP contribution < -0.4 is 5.32 Å². The van der Waals surface area contributed by atoms with Crippen LogP contribution in [0.1, 0.15) is 24.0 Å². The van der Waals surface area contributed by atoms with Crippen molar-refractivity contribution < 1.29 is 0 Å². The van der Waals surface area contributed by atoms with E-state index in [1.807, 2.05) is 25.4 Å². The molecule has 94 valence electrons. The van der Waals surface area contributed by atoms with Gasteiger partial charge in [0.1, 0.15) is 11.6 Å². The van der Waals surface area contributed by atoms with Crippen LogP contribution >= 0.6 is 22.6 Å². The van der Waals surface area contributed by atoms with E-state index >= 15 is 0 Å². The van der Waals surface area contributed by atoms with Crippen molar-refractivity contribution in [3.63, 3.8) is 0 Å². The van der Waals surface area contributed by atoms with Crippen molar-refractivity contribution in [1.82, 2.24) is 15.0 Å². The van der Waals surface area contributed by atoms with Crippen LogP contribution in [0.2, 0.25) is 0 Å². The molecule has 0 spiro atoms. The minimum atomic E-state index is 0.715. The Kier molecular flexibility index (Phi) is 4.46. The summed E-state index contributed by atoms with van der Waals surface area (Å²) in [5.41, 5.74) is 2.22. The van der Waals surface area contributed by atoms with Crippen LogP contribution in [0.5, 0.6) is 0 Å². The molecule has 2 aromatic rings. The van der Waals surface area contributed by atoms with Crippen molar-refractivity contribution >= 4 is 28.4 Å². The highest BCUT2D eigenvalue weighted by Gasteiger charge is 2.10. The van der Waals surface area contributed by atoms with E-state index in [4.69, 9.17) is 0 Å². The van der Waals surface area contributed by atoms with Crippen LogP contribution in [0.4, 0.5) is 5.82 Å². The van der Waals surface area contributed by atoms with Crippen LogP contribution in [0.25, 0.3) is 0 Å². The minimum Gasteiger partial charge on any atom is -0.372 e. The standard InChI is InChI=1S/C13H15IN4/c1-3-10-12(14)13(15-2)18-11(17-10)7-9-5-4-6-16-8-9/h4-6,8H,3,7H2,1-2H3,(H,15,17,18). The summed E-state index contributed by atoms with van der Waals surface area (Å²) >= 11 is 2.29. The zero-order chi connectivity index (χ0) is 13.0. The predicted molar refractivity (Wildman–Crippen MR) is 80.7 cm³/mol. The smallest absolute Gasteiger partial charge is 0.143 e. The Morgan fingerprint density at radius 3 is 2.78 bits per heavy atom. The van der Waals surface area contributed by atoms with Gasteiger partial charge in [-0.25, -0.2) is 9.97 Å². The van der Waals surface area contributed by atoms with Crippen molar-refractivity contribution in [3.8, 4) is 0 Å². The molecule has 0 fully saturated rings. The average Bonchev–Trinajstić information content (AvgIpc) is 2.41. The second kappa shape index (κ2) is 6.08. The summed E-state index contributed by atoms with van der Waals surface area (Å²) in [6.07, 6.45) is 5.25. The summed E-state index contributed by atoms with van der Waals surface area (Å²) in [7, 11) is 1.89. The van der Waals surface area contributed by atoms with Crippen molar-refractivity contribution in [3.05, 3.63) is 45.2 Å². The second-order valence-corrected chi connectivity index (χ2v) is 4.97. The molecule has 0 aliphatic carbocycles. The van der Waals surface area contributed by atoms with E-state index in [1.165, 1.54) is 0 Å². The number of anilines is 1. The van der Waals surface area contributed by atoms with Crippen molar-refractivity contribution in [2.45, 2.75) is 19.8 Å². The average molecular weight is 354 g/mol. The zero-order valence-corrected chi connectivity index (χ0v) is 12.6. The van der Waals surface area contributed by atoms with Gasteiger partial charge in [-0.2, -0.15) is 0 Å². The van der Waals surface area contributed by atoms with Gasteiger partial charge in [-0.3, -0.25) is 4.98 Å². The van der Waals surface area contributed by atoms with Crippen LogP contribution in [-0.4, -0.2) is 22.0 Å². The van der Waals surface area contributed by atoms with Gasteiger partial charge < -0.3 is 5.32 Å². The Morgan fingerprint density at radius 1 is 1.33 bits per heavy atom.